The standard InChI is InChI=1S/C7H12BrF/c1-6(2)7(3,9)4-5-8/h4-6H,1-3H3/b5-4+. The summed E-state index contributed by atoms with van der Waals surface area (Å²) in [6, 6.07) is 0. The molecule has 0 aromatic heterocycles. The molecule has 0 rings (SSSR count). The number of rotatable bonds is 2. The smallest absolute Gasteiger partial charge is 0.129 e. The molecule has 1 atom stereocenters. The fourth-order valence-electron chi connectivity index (χ4n) is 0.316. The highest BCUT2D eigenvalue weighted by atomic mass is 79.9. The highest BCUT2D eigenvalue weighted by Gasteiger charge is 2.23. The quantitative estimate of drug-likeness (QED) is 0.634. The summed E-state index contributed by atoms with van der Waals surface area (Å²) in [6.45, 7) is 5.27. The zero-order valence-corrected chi connectivity index (χ0v) is 7.57. The topological polar surface area (TPSA) is 0 Å². The molecule has 0 aliphatic carbocycles. The molecule has 54 valence electrons. The zero-order valence-electron chi connectivity index (χ0n) is 5.99. The highest BCUT2D eigenvalue weighted by Crippen LogP contribution is 2.22. The third kappa shape index (κ3) is 2.99. The van der Waals surface area contributed by atoms with Gasteiger partial charge in [-0.05, 0) is 23.9 Å². The second kappa shape index (κ2) is 3.35. The third-order valence-electron chi connectivity index (χ3n) is 1.52. The molecule has 2 heteroatoms. The molecule has 0 radical (unpaired) electrons. The number of alkyl halides is 1. The van der Waals surface area contributed by atoms with Crippen molar-refractivity contribution in [1.82, 2.24) is 0 Å². The van der Waals surface area contributed by atoms with Crippen LogP contribution in [-0.2, 0) is 0 Å². The Morgan fingerprint density at radius 1 is 1.56 bits per heavy atom. The van der Waals surface area contributed by atoms with E-state index in [4.69, 9.17) is 0 Å². The van der Waals surface area contributed by atoms with Crippen molar-refractivity contribution in [3.63, 3.8) is 0 Å². The molecule has 0 saturated carbocycles. The minimum atomic E-state index is -1.18. The number of hydrogen-bond acceptors (Lipinski definition) is 0. The van der Waals surface area contributed by atoms with Crippen LogP contribution >= 0.6 is 15.9 Å². The van der Waals surface area contributed by atoms with Crippen LogP contribution in [0.3, 0.4) is 0 Å². The molecule has 0 spiro atoms. The Kier molecular flexibility index (Phi) is 3.41. The largest absolute Gasteiger partial charge is 0.239 e. The summed E-state index contributed by atoms with van der Waals surface area (Å²) in [5, 5.41) is 0. The van der Waals surface area contributed by atoms with E-state index in [9.17, 15) is 4.39 Å². The van der Waals surface area contributed by atoms with Gasteiger partial charge in [-0.1, -0.05) is 29.8 Å². The van der Waals surface area contributed by atoms with Gasteiger partial charge in [0.15, 0.2) is 0 Å². The second-order valence-corrected chi connectivity index (χ2v) is 3.13. The van der Waals surface area contributed by atoms with Gasteiger partial charge >= 0.3 is 0 Å². The summed E-state index contributed by atoms with van der Waals surface area (Å²) in [4.78, 5) is 1.56. The summed E-state index contributed by atoms with van der Waals surface area (Å²) in [5.74, 6) is 0.0336. The van der Waals surface area contributed by atoms with Crippen LogP contribution in [0.5, 0.6) is 0 Å². The summed E-state index contributed by atoms with van der Waals surface area (Å²) < 4.78 is 13.1. The first-order valence-corrected chi connectivity index (χ1v) is 3.89. The second-order valence-electron chi connectivity index (χ2n) is 2.60. The summed E-state index contributed by atoms with van der Waals surface area (Å²) in [7, 11) is 0. The molecule has 0 aromatic carbocycles. The average molecular weight is 195 g/mol. The van der Waals surface area contributed by atoms with Crippen molar-refractivity contribution in [2.24, 2.45) is 5.92 Å². The van der Waals surface area contributed by atoms with Crippen LogP contribution in [-0.4, -0.2) is 5.67 Å². The molecule has 0 N–H and O–H groups in total. The molecule has 0 saturated heterocycles. The lowest BCUT2D eigenvalue weighted by Gasteiger charge is -2.19. The van der Waals surface area contributed by atoms with Crippen LogP contribution in [0.25, 0.3) is 0 Å². The Balaban J connectivity index is 4.01. The molecule has 1 unspecified atom stereocenters. The van der Waals surface area contributed by atoms with Crippen LogP contribution in [0, 0.1) is 5.92 Å². The van der Waals surface area contributed by atoms with Gasteiger partial charge in [0.25, 0.3) is 0 Å². The molecule has 0 heterocycles. The van der Waals surface area contributed by atoms with E-state index >= 15 is 0 Å². The molecule has 0 aliphatic heterocycles. The first kappa shape index (κ1) is 9.15. The molecule has 0 amide bonds. The van der Waals surface area contributed by atoms with E-state index in [1.54, 1.807) is 11.9 Å². The van der Waals surface area contributed by atoms with Gasteiger partial charge in [0.2, 0.25) is 0 Å². The Hall–Kier alpha value is 0.150. The van der Waals surface area contributed by atoms with E-state index in [0.717, 1.165) is 0 Å². The molecule has 0 aliphatic rings. The molecule has 0 fully saturated rings. The average Bonchev–Trinajstić information content (AvgIpc) is 1.65. The van der Waals surface area contributed by atoms with Gasteiger partial charge in [-0.3, -0.25) is 0 Å². The van der Waals surface area contributed by atoms with Crippen molar-refractivity contribution in [3.05, 3.63) is 11.1 Å². The van der Waals surface area contributed by atoms with E-state index in [-0.39, 0.29) is 5.92 Å². The van der Waals surface area contributed by atoms with Gasteiger partial charge < -0.3 is 0 Å². The summed E-state index contributed by atoms with van der Waals surface area (Å²) in [5.41, 5.74) is -1.18. The van der Waals surface area contributed by atoms with Crippen LogP contribution < -0.4 is 0 Å². The SMILES string of the molecule is CC(C)C(C)(F)/C=C/Br. The summed E-state index contributed by atoms with van der Waals surface area (Å²) in [6.07, 6.45) is 1.51. The van der Waals surface area contributed by atoms with Crippen LogP contribution in [0.2, 0.25) is 0 Å². The monoisotopic (exact) mass is 194 g/mol. The van der Waals surface area contributed by atoms with Crippen molar-refractivity contribution in [2.45, 2.75) is 26.4 Å². The van der Waals surface area contributed by atoms with E-state index in [0.29, 0.717) is 0 Å². The van der Waals surface area contributed by atoms with E-state index in [1.807, 2.05) is 13.8 Å². The van der Waals surface area contributed by atoms with Gasteiger partial charge in [-0.2, -0.15) is 0 Å². The van der Waals surface area contributed by atoms with E-state index in [2.05, 4.69) is 15.9 Å². The van der Waals surface area contributed by atoms with Gasteiger partial charge in [0.1, 0.15) is 5.67 Å². The van der Waals surface area contributed by atoms with Gasteiger partial charge in [-0.25, -0.2) is 4.39 Å². The lowest BCUT2D eigenvalue weighted by atomic mass is 9.95. The van der Waals surface area contributed by atoms with Crippen molar-refractivity contribution in [1.29, 1.82) is 0 Å². The summed E-state index contributed by atoms with van der Waals surface area (Å²) >= 11 is 3.03. The Morgan fingerprint density at radius 3 is 2.11 bits per heavy atom. The number of hydrogen-bond donors (Lipinski definition) is 0. The van der Waals surface area contributed by atoms with Crippen molar-refractivity contribution in [2.75, 3.05) is 0 Å². The zero-order chi connectivity index (χ0) is 7.49. The van der Waals surface area contributed by atoms with Crippen LogP contribution in [0.1, 0.15) is 20.8 Å². The fourth-order valence-corrected chi connectivity index (χ4v) is 0.832. The Morgan fingerprint density at radius 2 is 2.00 bits per heavy atom. The Labute approximate surface area is 64.3 Å². The van der Waals surface area contributed by atoms with E-state index < -0.39 is 5.67 Å². The predicted octanol–water partition coefficient (Wildman–Crippen LogP) is 3.28. The lowest BCUT2D eigenvalue weighted by Crippen LogP contribution is -2.21. The predicted molar refractivity (Wildman–Crippen MR) is 42.4 cm³/mol. The Bertz CT molecular complexity index is 105. The van der Waals surface area contributed by atoms with E-state index in [1.165, 1.54) is 6.08 Å². The fraction of sp³-hybridized carbons (Fsp3) is 0.714. The van der Waals surface area contributed by atoms with Crippen molar-refractivity contribution in [3.8, 4) is 0 Å². The third-order valence-corrected chi connectivity index (χ3v) is 1.78. The molecule has 0 aromatic rings. The molecular weight excluding hydrogens is 183 g/mol. The maximum Gasteiger partial charge on any atom is 0.129 e. The lowest BCUT2D eigenvalue weighted by molar-refractivity contribution is 0.184. The highest BCUT2D eigenvalue weighted by molar-refractivity contribution is 9.11. The van der Waals surface area contributed by atoms with Gasteiger partial charge in [0.05, 0.1) is 0 Å². The van der Waals surface area contributed by atoms with Crippen LogP contribution in [0.4, 0.5) is 4.39 Å². The molecule has 0 bridgehead atoms. The maximum absolute atomic E-state index is 13.1. The maximum atomic E-state index is 13.1. The molecular formula is C7H12BrF. The first-order valence-electron chi connectivity index (χ1n) is 2.97. The first-order chi connectivity index (χ1) is 4.00. The number of halogens is 2. The minimum Gasteiger partial charge on any atom is -0.239 e. The minimum absolute atomic E-state index is 0.0336. The van der Waals surface area contributed by atoms with Crippen LogP contribution in [0.15, 0.2) is 11.1 Å². The molecule has 0 nitrogen and oxygen atoms in total. The van der Waals surface area contributed by atoms with Gasteiger partial charge in [-0.15, -0.1) is 0 Å². The normalized spacial score (nSPS) is 18.9. The van der Waals surface area contributed by atoms with Crippen molar-refractivity contribution < 1.29 is 4.39 Å². The number of allylic oxidation sites excluding steroid dienone is 1. The molecule has 9 heavy (non-hydrogen) atoms. The van der Waals surface area contributed by atoms with Gasteiger partial charge in [0, 0.05) is 0 Å². The van der Waals surface area contributed by atoms with Crippen molar-refractivity contribution >= 4 is 15.9 Å².